The molecule has 1 fully saturated rings. The molecular weight excluding hydrogens is 250 g/mol. The van der Waals surface area contributed by atoms with Gasteiger partial charge in [-0.3, -0.25) is 9.59 Å². The first-order valence-corrected chi connectivity index (χ1v) is 6.54. The fourth-order valence-corrected chi connectivity index (χ4v) is 2.11. The Morgan fingerprint density at radius 3 is 2.37 bits per heavy atom. The fourth-order valence-electron chi connectivity index (χ4n) is 2.11. The maximum atomic E-state index is 11.8. The lowest BCUT2D eigenvalue weighted by Crippen LogP contribution is -2.47. The predicted octanol–water partition coefficient (Wildman–Crippen LogP) is 0.0188. The monoisotopic (exact) mass is 271 g/mol. The van der Waals surface area contributed by atoms with Gasteiger partial charge in [-0.25, -0.2) is 4.79 Å². The molecule has 1 saturated heterocycles. The Hall–Kier alpha value is -1.79. The highest BCUT2D eigenvalue weighted by Crippen LogP contribution is 2.20. The minimum absolute atomic E-state index is 0.0261. The smallest absolute Gasteiger partial charge is 0.317 e. The number of likely N-dealkylation sites (tertiary alicyclic amines) is 1. The van der Waals surface area contributed by atoms with E-state index in [0.29, 0.717) is 32.5 Å². The number of hydrogen-bond acceptors (Lipinski definition) is 3. The molecular formula is C12H21N3O4. The molecule has 1 aliphatic rings. The Bertz CT molecular complexity index is 338. The molecule has 0 atom stereocenters. The summed E-state index contributed by atoms with van der Waals surface area (Å²) in [4.78, 5) is 35.2. The second-order valence-corrected chi connectivity index (χ2v) is 4.64. The Labute approximate surface area is 112 Å². The first-order valence-electron chi connectivity index (χ1n) is 6.54. The van der Waals surface area contributed by atoms with E-state index >= 15 is 0 Å². The lowest BCUT2D eigenvalue weighted by molar-refractivity contribution is -0.138. The molecule has 0 aromatic rings. The average Bonchev–Trinajstić information content (AvgIpc) is 2.36. The molecule has 0 bridgehead atoms. The predicted molar refractivity (Wildman–Crippen MR) is 68.6 cm³/mol. The molecule has 0 aromatic heterocycles. The number of aliphatic carboxylic acids is 1. The number of likely N-dealkylation sites (N-methyl/N-ethyl adjacent to an activating group) is 1. The van der Waals surface area contributed by atoms with Gasteiger partial charge in [-0.2, -0.15) is 0 Å². The molecule has 0 unspecified atom stereocenters. The van der Waals surface area contributed by atoms with Crippen molar-refractivity contribution in [1.29, 1.82) is 0 Å². The molecule has 1 aliphatic heterocycles. The number of carboxylic acids is 1. The van der Waals surface area contributed by atoms with Crippen LogP contribution >= 0.6 is 0 Å². The lowest BCUT2D eigenvalue weighted by Gasteiger charge is -2.31. The zero-order valence-corrected chi connectivity index (χ0v) is 11.1. The van der Waals surface area contributed by atoms with Gasteiger partial charge in [0.25, 0.3) is 0 Å². The lowest BCUT2D eigenvalue weighted by atomic mass is 9.94. The summed E-state index contributed by atoms with van der Waals surface area (Å²) in [7, 11) is 0. The van der Waals surface area contributed by atoms with Crippen molar-refractivity contribution >= 4 is 17.9 Å². The van der Waals surface area contributed by atoms with Crippen LogP contribution in [0.25, 0.3) is 0 Å². The molecule has 3 N–H and O–H groups in total. The second kappa shape index (κ2) is 7.60. The first kappa shape index (κ1) is 15.3. The summed E-state index contributed by atoms with van der Waals surface area (Å²) in [5.41, 5.74) is 0. The van der Waals surface area contributed by atoms with Gasteiger partial charge >= 0.3 is 12.0 Å². The van der Waals surface area contributed by atoms with Crippen molar-refractivity contribution in [1.82, 2.24) is 15.5 Å². The number of piperidine rings is 1. The molecule has 1 rings (SSSR count). The standard InChI is InChI=1S/C12H21N3O4/c1-2-13-10(16)8-14-12(19)15-5-3-9(4-6-15)7-11(17)18/h9H,2-8H2,1H3,(H,13,16)(H,14,19)(H,17,18). The van der Waals surface area contributed by atoms with Gasteiger partial charge in [0.05, 0.1) is 6.54 Å². The number of nitrogens with zero attached hydrogens (tertiary/aromatic N) is 1. The Morgan fingerprint density at radius 1 is 1.21 bits per heavy atom. The average molecular weight is 271 g/mol. The third-order valence-electron chi connectivity index (χ3n) is 3.14. The van der Waals surface area contributed by atoms with Crippen LogP contribution in [0.1, 0.15) is 26.2 Å². The van der Waals surface area contributed by atoms with E-state index in [1.165, 1.54) is 0 Å². The molecule has 0 saturated carbocycles. The van der Waals surface area contributed by atoms with Gasteiger partial charge in [0.1, 0.15) is 0 Å². The number of hydrogen-bond donors (Lipinski definition) is 3. The number of carbonyl (C=O) groups is 3. The molecule has 0 aromatic carbocycles. The van der Waals surface area contributed by atoms with E-state index in [1.54, 1.807) is 4.90 Å². The minimum atomic E-state index is -0.792. The van der Waals surface area contributed by atoms with E-state index in [4.69, 9.17) is 5.11 Å². The number of nitrogens with one attached hydrogen (secondary N) is 2. The van der Waals surface area contributed by atoms with Crippen molar-refractivity contribution in [2.45, 2.75) is 26.2 Å². The van der Waals surface area contributed by atoms with Gasteiger partial charge in [0, 0.05) is 26.1 Å². The van der Waals surface area contributed by atoms with Crippen LogP contribution in [0.3, 0.4) is 0 Å². The van der Waals surface area contributed by atoms with Gasteiger partial charge in [-0.1, -0.05) is 0 Å². The summed E-state index contributed by atoms with van der Waals surface area (Å²) in [5.74, 6) is -0.860. The molecule has 3 amide bonds. The molecule has 0 spiro atoms. The van der Waals surface area contributed by atoms with Crippen molar-refractivity contribution in [2.75, 3.05) is 26.2 Å². The molecule has 19 heavy (non-hydrogen) atoms. The topological polar surface area (TPSA) is 98.7 Å². The van der Waals surface area contributed by atoms with Crippen molar-refractivity contribution < 1.29 is 19.5 Å². The van der Waals surface area contributed by atoms with Gasteiger partial charge in [-0.05, 0) is 25.7 Å². The van der Waals surface area contributed by atoms with Crippen molar-refractivity contribution in [2.24, 2.45) is 5.92 Å². The summed E-state index contributed by atoms with van der Waals surface area (Å²) >= 11 is 0. The van der Waals surface area contributed by atoms with Crippen LogP contribution in [-0.4, -0.2) is 54.1 Å². The van der Waals surface area contributed by atoms with Crippen LogP contribution < -0.4 is 10.6 Å². The summed E-state index contributed by atoms with van der Waals surface area (Å²) in [5, 5.41) is 13.8. The molecule has 7 nitrogen and oxygen atoms in total. The molecule has 0 radical (unpaired) electrons. The van der Waals surface area contributed by atoms with Crippen molar-refractivity contribution in [3.05, 3.63) is 0 Å². The van der Waals surface area contributed by atoms with E-state index in [2.05, 4.69) is 10.6 Å². The van der Waals surface area contributed by atoms with E-state index in [0.717, 1.165) is 0 Å². The summed E-state index contributed by atoms with van der Waals surface area (Å²) in [6.07, 6.45) is 1.55. The van der Waals surface area contributed by atoms with Crippen molar-refractivity contribution in [3.8, 4) is 0 Å². The van der Waals surface area contributed by atoms with Gasteiger partial charge < -0.3 is 20.6 Å². The maximum absolute atomic E-state index is 11.8. The highest BCUT2D eigenvalue weighted by atomic mass is 16.4. The highest BCUT2D eigenvalue weighted by molar-refractivity contribution is 5.83. The number of carbonyl (C=O) groups excluding carboxylic acids is 2. The zero-order valence-electron chi connectivity index (χ0n) is 11.1. The molecule has 1 heterocycles. The molecule has 108 valence electrons. The minimum Gasteiger partial charge on any atom is -0.481 e. The third kappa shape index (κ3) is 5.58. The van der Waals surface area contributed by atoms with E-state index in [9.17, 15) is 14.4 Å². The highest BCUT2D eigenvalue weighted by Gasteiger charge is 2.24. The Morgan fingerprint density at radius 2 is 1.84 bits per heavy atom. The quantitative estimate of drug-likeness (QED) is 0.656. The van der Waals surface area contributed by atoms with Crippen LogP contribution in [0.5, 0.6) is 0 Å². The Kier molecular flexibility index (Phi) is 6.11. The molecule has 0 aliphatic carbocycles. The first-order chi connectivity index (χ1) is 9.02. The maximum Gasteiger partial charge on any atom is 0.317 e. The number of rotatable bonds is 5. The Balaban J connectivity index is 2.25. The van der Waals surface area contributed by atoms with E-state index < -0.39 is 5.97 Å². The largest absolute Gasteiger partial charge is 0.481 e. The zero-order chi connectivity index (χ0) is 14.3. The number of urea groups is 1. The number of carboxylic acid groups (broad SMARTS) is 1. The van der Waals surface area contributed by atoms with Gasteiger partial charge in [0.2, 0.25) is 5.91 Å². The van der Waals surface area contributed by atoms with Crippen LogP contribution in [-0.2, 0) is 9.59 Å². The van der Waals surface area contributed by atoms with E-state index in [1.807, 2.05) is 6.92 Å². The third-order valence-corrected chi connectivity index (χ3v) is 3.14. The fraction of sp³-hybridized carbons (Fsp3) is 0.750. The molecule has 7 heteroatoms. The number of amides is 3. The van der Waals surface area contributed by atoms with Crippen LogP contribution in [0, 0.1) is 5.92 Å². The van der Waals surface area contributed by atoms with Crippen LogP contribution in [0.4, 0.5) is 4.79 Å². The SMILES string of the molecule is CCNC(=O)CNC(=O)N1CCC(CC(=O)O)CC1. The summed E-state index contributed by atoms with van der Waals surface area (Å²) in [6, 6.07) is -0.264. The normalized spacial score (nSPS) is 15.9. The van der Waals surface area contributed by atoms with E-state index in [-0.39, 0.29) is 30.8 Å². The summed E-state index contributed by atoms with van der Waals surface area (Å²) < 4.78 is 0. The van der Waals surface area contributed by atoms with Crippen LogP contribution in [0.2, 0.25) is 0 Å². The van der Waals surface area contributed by atoms with Crippen LogP contribution in [0.15, 0.2) is 0 Å². The second-order valence-electron chi connectivity index (χ2n) is 4.64. The van der Waals surface area contributed by atoms with Gasteiger partial charge in [0.15, 0.2) is 0 Å². The van der Waals surface area contributed by atoms with Gasteiger partial charge in [-0.15, -0.1) is 0 Å². The van der Waals surface area contributed by atoms with Crippen molar-refractivity contribution in [3.63, 3.8) is 0 Å². The summed E-state index contributed by atoms with van der Waals surface area (Å²) in [6.45, 7) is 3.41.